The highest BCUT2D eigenvalue weighted by atomic mass is 31.1. The highest BCUT2D eigenvalue weighted by Gasteiger charge is 2.50. The summed E-state index contributed by atoms with van der Waals surface area (Å²) >= 11 is 0. The zero-order chi connectivity index (χ0) is 26.1. The van der Waals surface area contributed by atoms with Crippen LogP contribution >= 0.6 is 8.15 Å². The van der Waals surface area contributed by atoms with Gasteiger partial charge in [0.1, 0.15) is 11.5 Å². The maximum absolute atomic E-state index is 9.17. The first-order valence-corrected chi connectivity index (χ1v) is 16.3. The molecule has 3 aliphatic carbocycles. The third kappa shape index (κ3) is 8.44. The maximum Gasteiger partial charge on any atom is 0.119 e. The van der Waals surface area contributed by atoms with E-state index in [1.807, 2.05) is 24.9 Å². The molecule has 0 radical (unpaired) electrons. The first kappa shape index (κ1) is 28.4. The van der Waals surface area contributed by atoms with Crippen molar-refractivity contribution in [2.24, 2.45) is 0 Å². The molecule has 1 saturated heterocycles. The van der Waals surface area contributed by atoms with Crippen molar-refractivity contribution >= 4 is 8.15 Å². The van der Waals surface area contributed by atoms with Crippen molar-refractivity contribution in [1.29, 1.82) is 0 Å². The first-order valence-electron chi connectivity index (χ1n) is 14.4. The van der Waals surface area contributed by atoms with Gasteiger partial charge in [0.2, 0.25) is 0 Å². The van der Waals surface area contributed by atoms with Gasteiger partial charge in [-0.15, -0.1) is 0 Å². The highest BCUT2D eigenvalue weighted by molar-refractivity contribution is 7.50. The number of hydrogen-bond acceptors (Lipinski definition) is 4. The van der Waals surface area contributed by atoms with Gasteiger partial charge in [-0.3, -0.25) is 0 Å². The Labute approximate surface area is 225 Å². The molecule has 37 heavy (non-hydrogen) atoms. The van der Waals surface area contributed by atoms with E-state index in [-0.39, 0.29) is 5.60 Å². The lowest BCUT2D eigenvalue weighted by Crippen LogP contribution is -2.51. The summed E-state index contributed by atoms with van der Waals surface area (Å²) < 4.78 is 16.9. The van der Waals surface area contributed by atoms with E-state index in [9.17, 15) is 4.89 Å². The lowest BCUT2D eigenvalue weighted by molar-refractivity contribution is -0.246. The van der Waals surface area contributed by atoms with Crippen molar-refractivity contribution in [3.05, 3.63) is 59.2 Å². The Bertz CT molecular complexity index is 952. The smallest absolute Gasteiger partial charge is 0.119 e. The van der Waals surface area contributed by atoms with Crippen LogP contribution in [0.4, 0.5) is 0 Å². The molecule has 0 bridgehead atoms. The minimum Gasteiger partial charge on any atom is -0.497 e. The van der Waals surface area contributed by atoms with Crippen molar-refractivity contribution in [3.63, 3.8) is 0 Å². The van der Waals surface area contributed by atoms with Crippen LogP contribution in [0.5, 0.6) is 11.5 Å². The van der Waals surface area contributed by atoms with E-state index in [1.165, 1.54) is 93.7 Å². The average Bonchev–Trinajstić information content (AvgIpc) is 3.77. The normalized spacial score (nSPS) is 22.2. The minimum atomic E-state index is -0.779. The van der Waals surface area contributed by atoms with Gasteiger partial charge in [0.15, 0.2) is 0 Å². The van der Waals surface area contributed by atoms with Gasteiger partial charge in [-0.25, -0.2) is 0 Å². The largest absolute Gasteiger partial charge is 0.497 e. The average molecular weight is 527 g/mol. The maximum atomic E-state index is 9.17. The SMILES string of the molecule is C1CC1.COc1ccc(C2CC3(CCC3)O2)c(C2CCCCC2)c1.COc1cccc(CCP(C)O)c1. The Hall–Kier alpha value is -1.61. The molecule has 4 nitrogen and oxygen atoms in total. The second-order valence-corrected chi connectivity index (χ2v) is 13.0. The van der Waals surface area contributed by atoms with E-state index < -0.39 is 8.15 Å². The molecule has 1 spiro atoms. The van der Waals surface area contributed by atoms with Gasteiger partial charge in [0, 0.05) is 14.6 Å². The molecule has 2 unspecified atom stereocenters. The van der Waals surface area contributed by atoms with Crippen LogP contribution < -0.4 is 9.47 Å². The number of aryl methyl sites for hydroxylation is 1. The van der Waals surface area contributed by atoms with Crippen molar-refractivity contribution in [1.82, 2.24) is 0 Å². The molecule has 2 aromatic rings. The summed E-state index contributed by atoms with van der Waals surface area (Å²) in [5, 5.41) is 0. The zero-order valence-electron chi connectivity index (χ0n) is 23.2. The van der Waals surface area contributed by atoms with Gasteiger partial charge in [0.25, 0.3) is 0 Å². The fraction of sp³-hybridized carbons (Fsp3) is 0.625. The summed E-state index contributed by atoms with van der Waals surface area (Å²) in [7, 11) is 2.65. The van der Waals surface area contributed by atoms with Crippen LogP contribution in [-0.4, -0.2) is 37.5 Å². The molecular formula is C32H47O4P. The Morgan fingerprint density at radius 3 is 2.08 bits per heavy atom. The van der Waals surface area contributed by atoms with E-state index in [0.717, 1.165) is 24.1 Å². The summed E-state index contributed by atoms with van der Waals surface area (Å²) in [4.78, 5) is 9.17. The van der Waals surface area contributed by atoms with Crippen LogP contribution in [-0.2, 0) is 11.2 Å². The number of ether oxygens (including phenoxy) is 3. The second kappa shape index (κ2) is 14.0. The number of rotatable bonds is 7. The highest BCUT2D eigenvalue weighted by Crippen LogP contribution is 2.55. The topological polar surface area (TPSA) is 47.9 Å². The molecule has 4 fully saturated rings. The lowest BCUT2D eigenvalue weighted by atomic mass is 9.69. The number of benzene rings is 2. The van der Waals surface area contributed by atoms with Gasteiger partial charge < -0.3 is 19.1 Å². The van der Waals surface area contributed by atoms with E-state index in [0.29, 0.717) is 12.0 Å². The lowest BCUT2D eigenvalue weighted by Gasteiger charge is -2.54. The summed E-state index contributed by atoms with van der Waals surface area (Å²) in [6, 6.07) is 14.6. The van der Waals surface area contributed by atoms with E-state index in [4.69, 9.17) is 14.2 Å². The molecule has 1 aliphatic heterocycles. The molecule has 4 aliphatic rings. The predicted molar refractivity (Wildman–Crippen MR) is 154 cm³/mol. The minimum absolute atomic E-state index is 0.272. The van der Waals surface area contributed by atoms with Crippen LogP contribution in [0.1, 0.15) is 106 Å². The van der Waals surface area contributed by atoms with Gasteiger partial charge in [-0.1, -0.05) is 56.7 Å². The van der Waals surface area contributed by atoms with Gasteiger partial charge in [-0.2, -0.15) is 0 Å². The first-order chi connectivity index (χ1) is 18.0. The van der Waals surface area contributed by atoms with Crippen LogP contribution in [0, 0.1) is 0 Å². The third-order valence-corrected chi connectivity index (χ3v) is 8.98. The van der Waals surface area contributed by atoms with Crippen LogP contribution in [0.25, 0.3) is 0 Å². The van der Waals surface area contributed by atoms with Crippen LogP contribution in [0.3, 0.4) is 0 Å². The Kier molecular flexibility index (Phi) is 10.7. The van der Waals surface area contributed by atoms with Crippen molar-refractivity contribution in [3.8, 4) is 11.5 Å². The molecule has 0 amide bonds. The molecule has 6 rings (SSSR count). The molecule has 0 aromatic heterocycles. The third-order valence-electron chi connectivity index (χ3n) is 8.11. The molecule has 1 heterocycles. The van der Waals surface area contributed by atoms with Gasteiger partial charge in [-0.05, 0) is 98.2 Å². The molecule has 5 heteroatoms. The standard InChI is InChI=1S/C19H26O2.C10H15O2P.C3H6/c1-20-15-8-9-16(18-13-19(21-18)10-5-11-19)17(12-15)14-6-3-2-4-7-14;1-12-10-5-3-4-9(8-10)6-7-13(2)11;1-2-3-1/h8-9,12,14,18H,2-7,10-11,13H2,1H3;3-5,8,11H,6-7H2,1-2H3;1-3H2. The van der Waals surface area contributed by atoms with Gasteiger partial charge >= 0.3 is 0 Å². The van der Waals surface area contributed by atoms with Gasteiger partial charge in [0.05, 0.1) is 25.9 Å². The summed E-state index contributed by atoms with van der Waals surface area (Å²) in [5.74, 6) is 2.60. The quantitative estimate of drug-likeness (QED) is 0.367. The van der Waals surface area contributed by atoms with Crippen molar-refractivity contribution in [2.75, 3.05) is 27.0 Å². The van der Waals surface area contributed by atoms with E-state index >= 15 is 0 Å². The van der Waals surface area contributed by atoms with Crippen molar-refractivity contribution < 1.29 is 19.1 Å². The summed E-state index contributed by atoms with van der Waals surface area (Å²) in [5.41, 5.74) is 4.45. The van der Waals surface area contributed by atoms with E-state index in [1.54, 1.807) is 14.2 Å². The predicted octanol–water partition coefficient (Wildman–Crippen LogP) is 8.55. The molecule has 2 atom stereocenters. The van der Waals surface area contributed by atoms with Crippen LogP contribution in [0.2, 0.25) is 0 Å². The van der Waals surface area contributed by atoms with E-state index in [2.05, 4.69) is 24.3 Å². The summed E-state index contributed by atoms with van der Waals surface area (Å²) in [6.07, 6.45) is 18.6. The zero-order valence-corrected chi connectivity index (χ0v) is 24.1. The fourth-order valence-corrected chi connectivity index (χ4v) is 6.14. The van der Waals surface area contributed by atoms with Crippen LogP contribution in [0.15, 0.2) is 42.5 Å². The Morgan fingerprint density at radius 1 is 0.865 bits per heavy atom. The second-order valence-electron chi connectivity index (χ2n) is 11.2. The number of hydrogen-bond donors (Lipinski definition) is 1. The Morgan fingerprint density at radius 2 is 1.51 bits per heavy atom. The molecule has 3 saturated carbocycles. The fourth-order valence-electron chi connectivity index (χ4n) is 5.56. The molecule has 1 N–H and O–H groups in total. The Balaban J connectivity index is 0.000000170. The molecule has 204 valence electrons. The number of methoxy groups -OCH3 is 2. The summed E-state index contributed by atoms with van der Waals surface area (Å²) in [6.45, 7) is 1.87. The molecular weight excluding hydrogens is 479 g/mol. The molecule has 2 aromatic carbocycles. The monoisotopic (exact) mass is 526 g/mol. The van der Waals surface area contributed by atoms with Crippen molar-refractivity contribution in [2.45, 2.75) is 101 Å².